The average Bonchev–Trinajstić information content (AvgIpc) is 3.04. The fourth-order valence-corrected chi connectivity index (χ4v) is 3.16. The summed E-state index contributed by atoms with van der Waals surface area (Å²) >= 11 is 0. The van der Waals surface area contributed by atoms with Crippen molar-refractivity contribution < 1.29 is 9.90 Å². The van der Waals surface area contributed by atoms with Gasteiger partial charge in [0.15, 0.2) is 0 Å². The summed E-state index contributed by atoms with van der Waals surface area (Å²) in [6.07, 6.45) is 3.38. The zero-order valence-electron chi connectivity index (χ0n) is 12.5. The van der Waals surface area contributed by atoms with Crippen molar-refractivity contribution in [2.45, 2.75) is 37.5 Å². The molecular formula is C19H21NO2. The highest BCUT2D eigenvalue weighted by Crippen LogP contribution is 2.26. The van der Waals surface area contributed by atoms with Gasteiger partial charge in [0.05, 0.1) is 6.10 Å². The van der Waals surface area contributed by atoms with Crippen LogP contribution >= 0.6 is 0 Å². The summed E-state index contributed by atoms with van der Waals surface area (Å²) in [5.41, 5.74) is 2.90. The number of aliphatic hydroxyl groups excluding tert-OH is 1. The number of nitrogens with one attached hydrogen (secondary N) is 1. The molecule has 1 aliphatic rings. The highest BCUT2D eigenvalue weighted by Gasteiger charge is 2.29. The quantitative estimate of drug-likeness (QED) is 0.834. The van der Waals surface area contributed by atoms with Crippen molar-refractivity contribution in [2.24, 2.45) is 0 Å². The van der Waals surface area contributed by atoms with Crippen LogP contribution in [0.25, 0.3) is 0 Å². The summed E-state index contributed by atoms with van der Waals surface area (Å²) in [6.45, 7) is 0. The molecule has 0 bridgehead atoms. The number of aliphatic hydroxyl groups is 1. The molecule has 0 spiro atoms. The van der Waals surface area contributed by atoms with E-state index >= 15 is 0 Å². The van der Waals surface area contributed by atoms with E-state index in [1.54, 1.807) is 0 Å². The van der Waals surface area contributed by atoms with E-state index in [1.807, 2.05) is 54.6 Å². The van der Waals surface area contributed by atoms with Gasteiger partial charge in [-0.15, -0.1) is 0 Å². The van der Waals surface area contributed by atoms with Crippen molar-refractivity contribution >= 4 is 6.29 Å². The summed E-state index contributed by atoms with van der Waals surface area (Å²) in [5.74, 6) is 0. The van der Waals surface area contributed by atoms with E-state index in [4.69, 9.17) is 0 Å². The second kappa shape index (κ2) is 6.86. The molecule has 22 heavy (non-hydrogen) atoms. The maximum Gasteiger partial charge on any atom is 0.150 e. The van der Waals surface area contributed by atoms with Crippen molar-refractivity contribution in [1.82, 2.24) is 5.32 Å². The lowest BCUT2D eigenvalue weighted by molar-refractivity contribution is 0.112. The van der Waals surface area contributed by atoms with Gasteiger partial charge in [-0.3, -0.25) is 4.79 Å². The third-order valence-electron chi connectivity index (χ3n) is 4.40. The molecule has 3 atom stereocenters. The molecule has 0 aliphatic carbocycles. The summed E-state index contributed by atoms with van der Waals surface area (Å²) < 4.78 is 0. The van der Waals surface area contributed by atoms with Crippen molar-refractivity contribution in [3.8, 4) is 0 Å². The van der Waals surface area contributed by atoms with Gasteiger partial charge in [-0.2, -0.15) is 0 Å². The Bertz CT molecular complexity index is 609. The molecule has 2 N–H and O–H groups in total. The van der Waals surface area contributed by atoms with Crippen LogP contribution in [0.4, 0.5) is 0 Å². The molecule has 3 rings (SSSR count). The molecular weight excluding hydrogens is 274 g/mol. The first-order valence-electron chi connectivity index (χ1n) is 7.79. The van der Waals surface area contributed by atoms with Crippen molar-refractivity contribution in [3.05, 3.63) is 71.3 Å². The van der Waals surface area contributed by atoms with Gasteiger partial charge in [0, 0.05) is 17.6 Å². The Hall–Kier alpha value is -1.97. The highest BCUT2D eigenvalue weighted by atomic mass is 16.3. The van der Waals surface area contributed by atoms with Crippen LogP contribution in [0, 0.1) is 0 Å². The molecule has 1 saturated heterocycles. The minimum atomic E-state index is -0.455. The minimum absolute atomic E-state index is 0.113. The van der Waals surface area contributed by atoms with Crippen LogP contribution in [0.5, 0.6) is 0 Å². The number of carbonyl (C=O) groups excluding carboxylic acids is 1. The van der Waals surface area contributed by atoms with Gasteiger partial charge in [0.1, 0.15) is 6.29 Å². The highest BCUT2D eigenvalue weighted by molar-refractivity contribution is 5.74. The molecule has 114 valence electrons. The minimum Gasteiger partial charge on any atom is -0.387 e. The summed E-state index contributed by atoms with van der Waals surface area (Å²) in [7, 11) is 0. The van der Waals surface area contributed by atoms with E-state index in [0.717, 1.165) is 31.1 Å². The van der Waals surface area contributed by atoms with Gasteiger partial charge in [0.2, 0.25) is 0 Å². The number of hydrogen-bond donors (Lipinski definition) is 2. The lowest BCUT2D eigenvalue weighted by Gasteiger charge is -2.20. The zero-order valence-corrected chi connectivity index (χ0v) is 12.5. The molecule has 3 unspecified atom stereocenters. The van der Waals surface area contributed by atoms with Gasteiger partial charge >= 0.3 is 0 Å². The smallest absolute Gasteiger partial charge is 0.150 e. The third-order valence-corrected chi connectivity index (χ3v) is 4.40. The second-order valence-electron chi connectivity index (χ2n) is 5.97. The average molecular weight is 295 g/mol. The topological polar surface area (TPSA) is 49.3 Å². The van der Waals surface area contributed by atoms with E-state index in [-0.39, 0.29) is 6.04 Å². The van der Waals surface area contributed by atoms with Crippen molar-refractivity contribution in [1.29, 1.82) is 0 Å². The Labute approximate surface area is 131 Å². The Morgan fingerprint density at radius 3 is 2.50 bits per heavy atom. The van der Waals surface area contributed by atoms with Gasteiger partial charge in [-0.25, -0.2) is 0 Å². The van der Waals surface area contributed by atoms with Gasteiger partial charge in [0.25, 0.3) is 0 Å². The second-order valence-corrected chi connectivity index (χ2v) is 5.97. The van der Waals surface area contributed by atoms with Crippen LogP contribution in [0.15, 0.2) is 54.6 Å². The first-order valence-corrected chi connectivity index (χ1v) is 7.79. The fraction of sp³-hybridized carbons (Fsp3) is 0.316. The molecule has 2 aromatic rings. The fourth-order valence-electron chi connectivity index (χ4n) is 3.16. The molecule has 0 radical (unpaired) electrons. The molecule has 1 heterocycles. The van der Waals surface area contributed by atoms with Crippen LogP contribution in [-0.4, -0.2) is 23.5 Å². The predicted molar refractivity (Wildman–Crippen MR) is 86.9 cm³/mol. The van der Waals surface area contributed by atoms with Gasteiger partial charge in [-0.1, -0.05) is 54.6 Å². The van der Waals surface area contributed by atoms with Crippen molar-refractivity contribution in [3.63, 3.8) is 0 Å². The molecule has 0 amide bonds. The Morgan fingerprint density at radius 1 is 1.09 bits per heavy atom. The molecule has 0 aromatic heterocycles. The molecule has 0 saturated carbocycles. The molecule has 3 heteroatoms. The number of aldehydes is 1. The van der Waals surface area contributed by atoms with Gasteiger partial charge < -0.3 is 10.4 Å². The van der Waals surface area contributed by atoms with E-state index in [1.165, 1.54) is 5.56 Å². The third kappa shape index (κ3) is 3.43. The van der Waals surface area contributed by atoms with E-state index in [0.29, 0.717) is 11.6 Å². The SMILES string of the molecule is O=Cc1ccc(CC2CCC(C(O)c3ccccc3)N2)cc1. The lowest BCUT2D eigenvalue weighted by Crippen LogP contribution is -2.35. The van der Waals surface area contributed by atoms with E-state index < -0.39 is 6.10 Å². The van der Waals surface area contributed by atoms with Crippen LogP contribution in [0.1, 0.15) is 40.4 Å². The maximum absolute atomic E-state index is 10.7. The monoisotopic (exact) mass is 295 g/mol. The molecule has 1 fully saturated rings. The lowest BCUT2D eigenvalue weighted by atomic mass is 10.0. The predicted octanol–water partition coefficient (Wildman–Crippen LogP) is 2.90. The summed E-state index contributed by atoms with van der Waals surface area (Å²) in [4.78, 5) is 10.7. The van der Waals surface area contributed by atoms with E-state index in [9.17, 15) is 9.90 Å². The Kier molecular flexibility index (Phi) is 4.66. The number of hydrogen-bond acceptors (Lipinski definition) is 3. The first kappa shape index (κ1) is 14.9. The Morgan fingerprint density at radius 2 is 1.82 bits per heavy atom. The Balaban J connectivity index is 1.58. The molecule has 2 aromatic carbocycles. The van der Waals surface area contributed by atoms with Crippen LogP contribution < -0.4 is 5.32 Å². The summed E-state index contributed by atoms with van der Waals surface area (Å²) in [5, 5.41) is 14.0. The number of benzene rings is 2. The summed E-state index contributed by atoms with van der Waals surface area (Å²) in [6, 6.07) is 18.0. The number of carbonyl (C=O) groups is 1. The van der Waals surface area contributed by atoms with Crippen LogP contribution in [0.3, 0.4) is 0 Å². The van der Waals surface area contributed by atoms with Crippen molar-refractivity contribution in [2.75, 3.05) is 0 Å². The van der Waals surface area contributed by atoms with Crippen LogP contribution in [0.2, 0.25) is 0 Å². The van der Waals surface area contributed by atoms with E-state index in [2.05, 4.69) is 5.32 Å². The van der Waals surface area contributed by atoms with Crippen LogP contribution in [-0.2, 0) is 6.42 Å². The maximum atomic E-state index is 10.7. The largest absolute Gasteiger partial charge is 0.387 e. The first-order chi connectivity index (χ1) is 10.8. The number of rotatable bonds is 5. The standard InChI is InChI=1S/C19H21NO2/c21-13-15-8-6-14(7-9-15)12-17-10-11-18(20-17)19(22)16-4-2-1-3-5-16/h1-9,13,17-20,22H,10-12H2. The molecule has 1 aliphatic heterocycles. The molecule has 3 nitrogen and oxygen atoms in total. The normalized spacial score (nSPS) is 22.4. The van der Waals surface area contributed by atoms with Gasteiger partial charge in [-0.05, 0) is 30.4 Å². The zero-order chi connectivity index (χ0) is 15.4.